The van der Waals surface area contributed by atoms with Gasteiger partial charge >= 0.3 is 0 Å². The van der Waals surface area contributed by atoms with Crippen LogP contribution in [0.2, 0.25) is 0 Å². The van der Waals surface area contributed by atoms with Gasteiger partial charge in [0.25, 0.3) is 0 Å². The van der Waals surface area contributed by atoms with E-state index in [1.807, 2.05) is 0 Å². The number of para-hydroxylation sites is 2. The zero-order valence-corrected chi connectivity index (χ0v) is 15.1. The fraction of sp³-hybridized carbons (Fsp3) is 0.263. The first kappa shape index (κ1) is 20.3. The minimum absolute atomic E-state index is 0.0339. The monoisotopic (exact) mass is 377 g/mol. The molecule has 0 radical (unpaired) electrons. The number of benzene rings is 2. The molecule has 0 heterocycles. The molecule has 2 amide bonds. The van der Waals surface area contributed by atoms with Crippen molar-refractivity contribution in [1.29, 1.82) is 0 Å². The van der Waals surface area contributed by atoms with Gasteiger partial charge in [-0.15, -0.1) is 0 Å². The number of likely N-dealkylation sites (N-methyl/N-ethyl adjacent to an activating group) is 1. The van der Waals surface area contributed by atoms with E-state index < -0.39 is 17.5 Å². The number of hydrogen-bond acceptors (Lipinski definition) is 4. The fourth-order valence-electron chi connectivity index (χ4n) is 2.40. The van der Waals surface area contributed by atoms with E-state index in [2.05, 4.69) is 10.6 Å². The van der Waals surface area contributed by atoms with E-state index in [1.54, 1.807) is 36.1 Å². The standard InChI is InChI=1S/C19H21F2N3O3/c1-3-24(11-18(25)22-15-9-8-13(20)10-14(15)21)12-19(26)23-16-6-4-5-7-17(16)27-2/h4-10H,3,11-12H2,1-2H3,(H,22,25)(H,23,26). The molecule has 2 aromatic rings. The van der Waals surface area contributed by atoms with Gasteiger partial charge < -0.3 is 15.4 Å². The molecule has 8 heteroatoms. The van der Waals surface area contributed by atoms with Crippen molar-refractivity contribution >= 4 is 23.2 Å². The molecular weight excluding hydrogens is 356 g/mol. The number of hydrogen-bond donors (Lipinski definition) is 2. The lowest BCUT2D eigenvalue weighted by Crippen LogP contribution is -2.38. The van der Waals surface area contributed by atoms with E-state index in [9.17, 15) is 18.4 Å². The Hall–Kier alpha value is -3.00. The number of anilines is 2. The Morgan fingerprint density at radius 2 is 1.63 bits per heavy atom. The van der Waals surface area contributed by atoms with Gasteiger partial charge in [-0.05, 0) is 30.8 Å². The first-order valence-corrected chi connectivity index (χ1v) is 8.33. The summed E-state index contributed by atoms with van der Waals surface area (Å²) >= 11 is 0. The van der Waals surface area contributed by atoms with Crippen molar-refractivity contribution in [3.63, 3.8) is 0 Å². The van der Waals surface area contributed by atoms with E-state index >= 15 is 0 Å². The molecule has 0 saturated carbocycles. The zero-order valence-electron chi connectivity index (χ0n) is 15.1. The Morgan fingerprint density at radius 1 is 1.00 bits per heavy atom. The average molecular weight is 377 g/mol. The van der Waals surface area contributed by atoms with Crippen LogP contribution in [-0.4, -0.2) is 43.5 Å². The molecule has 0 spiro atoms. The molecule has 2 N–H and O–H groups in total. The van der Waals surface area contributed by atoms with Crippen LogP contribution in [0.25, 0.3) is 0 Å². The number of rotatable bonds is 8. The smallest absolute Gasteiger partial charge is 0.238 e. The molecule has 0 bridgehead atoms. The Labute approximate surface area is 156 Å². The van der Waals surface area contributed by atoms with Gasteiger partial charge in [0, 0.05) is 6.07 Å². The summed E-state index contributed by atoms with van der Waals surface area (Å²) < 4.78 is 31.7. The van der Waals surface area contributed by atoms with Gasteiger partial charge in [-0.2, -0.15) is 0 Å². The van der Waals surface area contributed by atoms with E-state index in [1.165, 1.54) is 7.11 Å². The SMILES string of the molecule is CCN(CC(=O)Nc1ccc(F)cc1F)CC(=O)Nc1ccccc1OC. The van der Waals surface area contributed by atoms with Gasteiger partial charge in [0.15, 0.2) is 0 Å². The van der Waals surface area contributed by atoms with Crippen LogP contribution in [0.4, 0.5) is 20.2 Å². The highest BCUT2D eigenvalue weighted by Crippen LogP contribution is 2.22. The highest BCUT2D eigenvalue weighted by molar-refractivity contribution is 5.95. The number of carbonyl (C=O) groups excluding carboxylic acids is 2. The van der Waals surface area contributed by atoms with Crippen molar-refractivity contribution in [1.82, 2.24) is 4.90 Å². The molecule has 0 fully saturated rings. The first-order chi connectivity index (χ1) is 12.9. The second-order valence-electron chi connectivity index (χ2n) is 5.72. The van der Waals surface area contributed by atoms with E-state index in [4.69, 9.17) is 4.74 Å². The van der Waals surface area contributed by atoms with Crippen LogP contribution >= 0.6 is 0 Å². The number of nitrogens with zero attached hydrogens (tertiary/aromatic N) is 1. The molecule has 27 heavy (non-hydrogen) atoms. The van der Waals surface area contributed by atoms with Crippen molar-refractivity contribution in [2.45, 2.75) is 6.92 Å². The maximum Gasteiger partial charge on any atom is 0.238 e. The summed E-state index contributed by atoms with van der Waals surface area (Å²) in [4.78, 5) is 25.9. The normalized spacial score (nSPS) is 10.6. The summed E-state index contributed by atoms with van der Waals surface area (Å²) in [7, 11) is 1.50. The minimum atomic E-state index is -0.861. The number of amides is 2. The Bertz CT molecular complexity index is 815. The second-order valence-corrected chi connectivity index (χ2v) is 5.72. The molecule has 0 aromatic heterocycles. The average Bonchev–Trinajstić information content (AvgIpc) is 2.64. The summed E-state index contributed by atoms with van der Waals surface area (Å²) in [6.45, 7) is 2.07. The van der Waals surface area contributed by atoms with Crippen LogP contribution in [0.1, 0.15) is 6.92 Å². The molecule has 0 unspecified atom stereocenters. The first-order valence-electron chi connectivity index (χ1n) is 8.33. The Morgan fingerprint density at radius 3 is 2.22 bits per heavy atom. The lowest BCUT2D eigenvalue weighted by molar-refractivity contribution is -0.119. The summed E-state index contributed by atoms with van der Waals surface area (Å²) in [5.41, 5.74) is 0.412. The zero-order chi connectivity index (χ0) is 19.8. The molecular formula is C19H21F2N3O3. The molecule has 0 atom stereocenters. The molecule has 2 aromatic carbocycles. The lowest BCUT2D eigenvalue weighted by Gasteiger charge is -2.20. The molecule has 0 aliphatic rings. The highest BCUT2D eigenvalue weighted by Gasteiger charge is 2.15. The van der Waals surface area contributed by atoms with Crippen molar-refractivity contribution in [3.8, 4) is 5.75 Å². The molecule has 6 nitrogen and oxygen atoms in total. The van der Waals surface area contributed by atoms with Crippen LogP contribution in [0.15, 0.2) is 42.5 Å². The van der Waals surface area contributed by atoms with Gasteiger partial charge in [0.05, 0.1) is 31.6 Å². The predicted octanol–water partition coefficient (Wildman–Crippen LogP) is 2.87. The Balaban J connectivity index is 1.92. The third kappa shape index (κ3) is 6.03. The third-order valence-corrected chi connectivity index (χ3v) is 3.77. The minimum Gasteiger partial charge on any atom is -0.495 e. The molecule has 0 saturated heterocycles. The number of carbonyl (C=O) groups is 2. The van der Waals surface area contributed by atoms with Crippen LogP contribution in [-0.2, 0) is 9.59 Å². The summed E-state index contributed by atoms with van der Waals surface area (Å²) in [6.07, 6.45) is 0. The summed E-state index contributed by atoms with van der Waals surface area (Å²) in [5.74, 6) is -1.89. The third-order valence-electron chi connectivity index (χ3n) is 3.77. The van der Waals surface area contributed by atoms with E-state index in [-0.39, 0.29) is 24.7 Å². The van der Waals surface area contributed by atoms with Crippen molar-refractivity contribution in [3.05, 3.63) is 54.1 Å². The molecule has 0 aliphatic carbocycles. The van der Waals surface area contributed by atoms with Crippen LogP contribution < -0.4 is 15.4 Å². The van der Waals surface area contributed by atoms with Gasteiger partial charge in [-0.25, -0.2) is 8.78 Å². The van der Waals surface area contributed by atoms with Gasteiger partial charge in [-0.1, -0.05) is 19.1 Å². The van der Waals surface area contributed by atoms with Crippen LogP contribution in [0, 0.1) is 11.6 Å². The number of ether oxygens (including phenoxy) is 1. The molecule has 2 rings (SSSR count). The molecule has 0 aliphatic heterocycles. The number of methoxy groups -OCH3 is 1. The summed E-state index contributed by atoms with van der Waals surface area (Å²) in [5, 5.41) is 5.09. The summed E-state index contributed by atoms with van der Waals surface area (Å²) in [6, 6.07) is 9.86. The largest absolute Gasteiger partial charge is 0.495 e. The van der Waals surface area contributed by atoms with Crippen LogP contribution in [0.3, 0.4) is 0 Å². The topological polar surface area (TPSA) is 70.7 Å². The predicted molar refractivity (Wildman–Crippen MR) is 98.7 cm³/mol. The maximum atomic E-state index is 13.6. The van der Waals surface area contributed by atoms with Crippen molar-refractivity contribution < 1.29 is 23.1 Å². The maximum absolute atomic E-state index is 13.6. The van der Waals surface area contributed by atoms with E-state index in [0.29, 0.717) is 24.0 Å². The van der Waals surface area contributed by atoms with Crippen molar-refractivity contribution in [2.75, 3.05) is 37.4 Å². The highest BCUT2D eigenvalue weighted by atomic mass is 19.1. The van der Waals surface area contributed by atoms with Crippen molar-refractivity contribution in [2.24, 2.45) is 0 Å². The lowest BCUT2D eigenvalue weighted by atomic mass is 10.3. The van der Waals surface area contributed by atoms with Gasteiger partial charge in [-0.3, -0.25) is 14.5 Å². The fourth-order valence-corrected chi connectivity index (χ4v) is 2.40. The van der Waals surface area contributed by atoms with Gasteiger partial charge in [0.1, 0.15) is 17.4 Å². The number of halogens is 2. The number of nitrogens with one attached hydrogen (secondary N) is 2. The van der Waals surface area contributed by atoms with E-state index in [0.717, 1.165) is 12.1 Å². The molecule has 144 valence electrons. The van der Waals surface area contributed by atoms with Gasteiger partial charge in [0.2, 0.25) is 11.8 Å². The van der Waals surface area contributed by atoms with Crippen LogP contribution in [0.5, 0.6) is 5.75 Å². The quantitative estimate of drug-likeness (QED) is 0.742. The second kappa shape index (κ2) is 9.63. The Kier molecular flexibility index (Phi) is 7.25.